The summed E-state index contributed by atoms with van der Waals surface area (Å²) in [6, 6.07) is 3.40. The third kappa shape index (κ3) is 4.60. The molecule has 0 saturated heterocycles. The number of methoxy groups -OCH3 is 3. The van der Waals surface area contributed by atoms with Crippen molar-refractivity contribution >= 4 is 23.2 Å². The topological polar surface area (TPSA) is 107 Å². The zero-order valence-corrected chi connectivity index (χ0v) is 14.8. The third-order valence-electron chi connectivity index (χ3n) is 3.30. The first kappa shape index (κ1) is 18.5. The van der Waals surface area contributed by atoms with Crippen LogP contribution in [0.15, 0.2) is 17.5 Å². The Labute approximate surface area is 148 Å². The lowest BCUT2D eigenvalue weighted by atomic mass is 10.1. The van der Waals surface area contributed by atoms with Crippen molar-refractivity contribution in [1.82, 2.24) is 10.3 Å². The van der Waals surface area contributed by atoms with Gasteiger partial charge in [0.05, 0.1) is 34.3 Å². The van der Waals surface area contributed by atoms with Crippen molar-refractivity contribution in [2.75, 3.05) is 21.3 Å². The quantitative estimate of drug-likeness (QED) is 0.732. The van der Waals surface area contributed by atoms with E-state index in [1.54, 1.807) is 12.1 Å². The predicted octanol–water partition coefficient (Wildman–Crippen LogP) is 1.73. The molecule has 1 aromatic heterocycles. The standard InChI is InChI=1S/C16H18N2O6S/c1-22-11-4-9(5-12(23-2)15(11)24-3)6-13(19)17-7-14-18-10(8-25-14)16(20)21/h4-5,8H,6-7H2,1-3H3,(H,17,19)(H,20,21). The van der Waals surface area contributed by atoms with Gasteiger partial charge in [0.15, 0.2) is 17.2 Å². The van der Waals surface area contributed by atoms with Crippen LogP contribution in [0.5, 0.6) is 17.2 Å². The molecular formula is C16H18N2O6S. The van der Waals surface area contributed by atoms with Crippen molar-refractivity contribution in [3.8, 4) is 17.2 Å². The Morgan fingerprint density at radius 2 is 1.80 bits per heavy atom. The van der Waals surface area contributed by atoms with Crippen molar-refractivity contribution in [2.45, 2.75) is 13.0 Å². The first-order chi connectivity index (χ1) is 12.0. The Bertz CT molecular complexity index is 749. The molecule has 1 aromatic carbocycles. The molecule has 0 spiro atoms. The number of ether oxygens (including phenoxy) is 3. The van der Waals surface area contributed by atoms with Crippen LogP contribution in [0.25, 0.3) is 0 Å². The van der Waals surface area contributed by atoms with Crippen LogP contribution < -0.4 is 19.5 Å². The van der Waals surface area contributed by atoms with Crippen LogP contribution in [0.3, 0.4) is 0 Å². The van der Waals surface area contributed by atoms with Gasteiger partial charge >= 0.3 is 5.97 Å². The van der Waals surface area contributed by atoms with Gasteiger partial charge in [-0.25, -0.2) is 9.78 Å². The minimum Gasteiger partial charge on any atom is -0.493 e. The predicted molar refractivity (Wildman–Crippen MR) is 90.7 cm³/mol. The maximum absolute atomic E-state index is 12.1. The number of carboxylic acids is 1. The fourth-order valence-corrected chi connectivity index (χ4v) is 2.86. The summed E-state index contributed by atoms with van der Waals surface area (Å²) in [5.41, 5.74) is 0.663. The van der Waals surface area contributed by atoms with E-state index in [4.69, 9.17) is 19.3 Å². The summed E-state index contributed by atoms with van der Waals surface area (Å²) in [5.74, 6) is 0.0667. The highest BCUT2D eigenvalue weighted by Crippen LogP contribution is 2.38. The molecule has 2 aromatic rings. The number of nitrogens with zero attached hydrogens (tertiary/aromatic N) is 1. The summed E-state index contributed by atoms with van der Waals surface area (Å²) in [7, 11) is 4.51. The molecule has 1 heterocycles. The SMILES string of the molecule is COc1cc(CC(=O)NCc2nc(C(=O)O)cs2)cc(OC)c1OC. The number of carboxylic acid groups (broad SMARTS) is 1. The third-order valence-corrected chi connectivity index (χ3v) is 4.15. The molecule has 0 saturated carbocycles. The van der Waals surface area contributed by atoms with E-state index in [-0.39, 0.29) is 24.6 Å². The van der Waals surface area contributed by atoms with E-state index in [2.05, 4.69) is 10.3 Å². The number of carbonyl (C=O) groups is 2. The van der Waals surface area contributed by atoms with Gasteiger partial charge in [-0.2, -0.15) is 0 Å². The summed E-state index contributed by atoms with van der Waals surface area (Å²) in [5, 5.41) is 13.5. The van der Waals surface area contributed by atoms with Crippen molar-refractivity contribution in [1.29, 1.82) is 0 Å². The van der Waals surface area contributed by atoms with Gasteiger partial charge in [-0.1, -0.05) is 0 Å². The summed E-state index contributed by atoms with van der Waals surface area (Å²) in [6.45, 7) is 0.168. The lowest BCUT2D eigenvalue weighted by molar-refractivity contribution is -0.120. The van der Waals surface area contributed by atoms with Crippen LogP contribution in [-0.4, -0.2) is 43.3 Å². The highest BCUT2D eigenvalue weighted by molar-refractivity contribution is 7.09. The van der Waals surface area contributed by atoms with E-state index < -0.39 is 5.97 Å². The molecule has 0 aliphatic carbocycles. The number of aromatic carboxylic acids is 1. The van der Waals surface area contributed by atoms with Gasteiger partial charge in [0, 0.05) is 5.38 Å². The smallest absolute Gasteiger partial charge is 0.355 e. The molecule has 0 fully saturated rings. The maximum Gasteiger partial charge on any atom is 0.355 e. The van der Waals surface area contributed by atoms with Crippen molar-refractivity contribution in [3.63, 3.8) is 0 Å². The average Bonchev–Trinajstić information content (AvgIpc) is 3.08. The van der Waals surface area contributed by atoms with Gasteiger partial charge < -0.3 is 24.6 Å². The Kier molecular flexibility index (Phi) is 6.18. The van der Waals surface area contributed by atoms with Crippen molar-refractivity contribution < 1.29 is 28.9 Å². The first-order valence-electron chi connectivity index (χ1n) is 7.21. The fourth-order valence-electron chi connectivity index (χ4n) is 2.15. The van der Waals surface area contributed by atoms with Gasteiger partial charge in [0.2, 0.25) is 11.7 Å². The van der Waals surface area contributed by atoms with Crippen molar-refractivity contribution in [2.24, 2.45) is 0 Å². The molecule has 0 aliphatic rings. The van der Waals surface area contributed by atoms with Gasteiger partial charge in [-0.15, -0.1) is 11.3 Å². The van der Waals surface area contributed by atoms with E-state index >= 15 is 0 Å². The minimum atomic E-state index is -1.09. The summed E-state index contributed by atoms with van der Waals surface area (Å²) >= 11 is 1.18. The van der Waals surface area contributed by atoms with Crippen LogP contribution in [0, 0.1) is 0 Å². The van der Waals surface area contributed by atoms with E-state index in [9.17, 15) is 9.59 Å². The second-order valence-corrected chi connectivity index (χ2v) is 5.86. The zero-order chi connectivity index (χ0) is 18.4. The first-order valence-corrected chi connectivity index (χ1v) is 8.09. The maximum atomic E-state index is 12.1. The summed E-state index contributed by atoms with van der Waals surface area (Å²) in [4.78, 5) is 26.8. The molecule has 134 valence electrons. The number of carbonyl (C=O) groups excluding carboxylic acids is 1. The fraction of sp³-hybridized carbons (Fsp3) is 0.312. The van der Waals surface area contributed by atoms with Crippen LogP contribution in [0.2, 0.25) is 0 Å². The zero-order valence-electron chi connectivity index (χ0n) is 14.0. The number of benzene rings is 1. The number of hydrogen-bond donors (Lipinski definition) is 2. The normalized spacial score (nSPS) is 10.2. The molecule has 0 atom stereocenters. The van der Waals surface area contributed by atoms with Crippen LogP contribution in [-0.2, 0) is 17.8 Å². The number of hydrogen-bond acceptors (Lipinski definition) is 7. The van der Waals surface area contributed by atoms with Crippen LogP contribution in [0.4, 0.5) is 0 Å². The molecule has 2 N–H and O–H groups in total. The summed E-state index contributed by atoms with van der Waals surface area (Å²) in [6.07, 6.45) is 0.105. The van der Waals surface area contributed by atoms with Crippen LogP contribution >= 0.6 is 11.3 Å². The Morgan fingerprint density at radius 1 is 1.16 bits per heavy atom. The second-order valence-electron chi connectivity index (χ2n) is 4.92. The molecule has 0 radical (unpaired) electrons. The highest BCUT2D eigenvalue weighted by Gasteiger charge is 2.15. The average molecular weight is 366 g/mol. The molecule has 2 rings (SSSR count). The lowest BCUT2D eigenvalue weighted by Gasteiger charge is -2.14. The monoisotopic (exact) mass is 366 g/mol. The van der Waals surface area contributed by atoms with E-state index in [0.29, 0.717) is 27.8 Å². The van der Waals surface area contributed by atoms with Crippen molar-refractivity contribution in [3.05, 3.63) is 33.8 Å². The van der Waals surface area contributed by atoms with Gasteiger partial charge in [0.1, 0.15) is 5.01 Å². The molecule has 25 heavy (non-hydrogen) atoms. The van der Waals surface area contributed by atoms with E-state index in [1.807, 2.05) is 0 Å². The molecule has 1 amide bonds. The molecular weight excluding hydrogens is 348 g/mol. The summed E-state index contributed by atoms with van der Waals surface area (Å²) < 4.78 is 15.7. The number of aromatic nitrogens is 1. The number of thiazole rings is 1. The highest BCUT2D eigenvalue weighted by atomic mass is 32.1. The van der Waals surface area contributed by atoms with Gasteiger partial charge in [-0.3, -0.25) is 4.79 Å². The van der Waals surface area contributed by atoms with Gasteiger partial charge in [-0.05, 0) is 17.7 Å². The second kappa shape index (κ2) is 8.34. The number of nitrogens with one attached hydrogen (secondary N) is 1. The van der Waals surface area contributed by atoms with Crippen LogP contribution in [0.1, 0.15) is 21.1 Å². The Hall–Kier alpha value is -2.81. The molecule has 0 aliphatic heterocycles. The molecule has 0 unspecified atom stereocenters. The Morgan fingerprint density at radius 3 is 2.28 bits per heavy atom. The van der Waals surface area contributed by atoms with E-state index in [0.717, 1.165) is 0 Å². The molecule has 8 nitrogen and oxygen atoms in total. The molecule has 0 bridgehead atoms. The lowest BCUT2D eigenvalue weighted by Crippen LogP contribution is -2.24. The Balaban J connectivity index is 2.03. The van der Waals surface area contributed by atoms with Gasteiger partial charge in [0.25, 0.3) is 0 Å². The minimum absolute atomic E-state index is 0.0288. The largest absolute Gasteiger partial charge is 0.493 e. The van der Waals surface area contributed by atoms with E-state index in [1.165, 1.54) is 38.0 Å². The number of amides is 1. The number of rotatable bonds is 8. The molecule has 9 heteroatoms.